The van der Waals surface area contributed by atoms with Crippen LogP contribution in [0.4, 0.5) is 10.8 Å². The lowest BCUT2D eigenvalue weighted by atomic mass is 10.3. The van der Waals surface area contributed by atoms with Crippen LogP contribution in [0.3, 0.4) is 0 Å². The predicted octanol–water partition coefficient (Wildman–Crippen LogP) is 4.03. The highest BCUT2D eigenvalue weighted by Crippen LogP contribution is 2.23. The zero-order valence-electron chi connectivity index (χ0n) is 10.5. The second kappa shape index (κ2) is 6.11. The molecule has 100 valence electrons. The van der Waals surface area contributed by atoms with Crippen LogP contribution < -0.4 is 5.32 Å². The van der Waals surface area contributed by atoms with E-state index in [-0.39, 0.29) is 0 Å². The number of hydrogen-bond acceptors (Lipinski definition) is 5. The topological polar surface area (TPSA) is 50.7 Å². The summed E-state index contributed by atoms with van der Waals surface area (Å²) in [5, 5.41) is 13.3. The van der Waals surface area contributed by atoms with E-state index in [2.05, 4.69) is 36.4 Å². The van der Waals surface area contributed by atoms with Crippen LogP contribution in [0.5, 0.6) is 0 Å². The van der Waals surface area contributed by atoms with Gasteiger partial charge in [0.2, 0.25) is 5.13 Å². The summed E-state index contributed by atoms with van der Waals surface area (Å²) in [7, 11) is 0. The van der Waals surface area contributed by atoms with E-state index in [0.717, 1.165) is 26.0 Å². The number of anilines is 2. The van der Waals surface area contributed by atoms with Gasteiger partial charge in [-0.05, 0) is 30.3 Å². The third-order valence-corrected chi connectivity index (χ3v) is 3.93. The van der Waals surface area contributed by atoms with Gasteiger partial charge in [0.25, 0.3) is 0 Å². The molecule has 0 spiro atoms. The van der Waals surface area contributed by atoms with Gasteiger partial charge in [-0.15, -0.1) is 10.2 Å². The minimum Gasteiger partial charge on any atom is -0.330 e. The molecule has 0 unspecified atom stereocenters. The van der Waals surface area contributed by atoms with Gasteiger partial charge >= 0.3 is 0 Å². The zero-order valence-corrected chi connectivity index (χ0v) is 12.9. The van der Waals surface area contributed by atoms with Crippen molar-refractivity contribution in [3.8, 4) is 0 Å². The van der Waals surface area contributed by atoms with Gasteiger partial charge in [-0.25, -0.2) is 0 Å². The summed E-state index contributed by atoms with van der Waals surface area (Å²) in [6.07, 6.45) is 2.50. The van der Waals surface area contributed by atoms with Crippen LogP contribution in [0, 0.1) is 0 Å². The second-order valence-electron chi connectivity index (χ2n) is 4.13. The average Bonchev–Trinajstić information content (AvgIpc) is 2.87. The molecule has 0 bridgehead atoms. The number of benzene rings is 1. The quantitative estimate of drug-likeness (QED) is 0.774. The second-order valence-corrected chi connectivity index (χ2v) is 6.11. The molecule has 3 rings (SSSR count). The Morgan fingerprint density at radius 2 is 2.05 bits per heavy atom. The third kappa shape index (κ3) is 3.40. The predicted molar refractivity (Wildman–Crippen MR) is 84.4 cm³/mol. The van der Waals surface area contributed by atoms with E-state index in [9.17, 15) is 0 Å². The fraction of sp³-hybridized carbons (Fsp3) is 0.0714. The Hall–Kier alpha value is -1.79. The van der Waals surface area contributed by atoms with E-state index < -0.39 is 0 Å². The molecule has 1 aromatic carbocycles. The molecular formula is C14H11BrN4S. The van der Waals surface area contributed by atoms with Gasteiger partial charge in [0.1, 0.15) is 5.01 Å². The van der Waals surface area contributed by atoms with Crippen molar-refractivity contribution in [2.24, 2.45) is 0 Å². The molecule has 3 aromatic rings. The first-order valence-corrected chi connectivity index (χ1v) is 7.65. The van der Waals surface area contributed by atoms with Gasteiger partial charge in [0.05, 0.1) is 0 Å². The highest BCUT2D eigenvalue weighted by molar-refractivity contribution is 9.10. The maximum absolute atomic E-state index is 4.29. The van der Waals surface area contributed by atoms with Gasteiger partial charge in [0.15, 0.2) is 0 Å². The molecule has 0 aliphatic heterocycles. The SMILES string of the molecule is Brc1cccc(Nc2nnc(Cc3ccccn3)s2)c1. The first kappa shape index (κ1) is 13.2. The van der Waals surface area contributed by atoms with E-state index in [1.165, 1.54) is 11.3 Å². The lowest BCUT2D eigenvalue weighted by molar-refractivity contribution is 0.978. The minimum absolute atomic E-state index is 0.707. The molecule has 0 saturated heterocycles. The summed E-state index contributed by atoms with van der Waals surface area (Å²) in [4.78, 5) is 4.29. The Balaban J connectivity index is 1.71. The maximum atomic E-state index is 4.29. The van der Waals surface area contributed by atoms with Crippen LogP contribution in [0.15, 0.2) is 53.1 Å². The Morgan fingerprint density at radius 1 is 1.10 bits per heavy atom. The van der Waals surface area contributed by atoms with Crippen LogP contribution in [0.1, 0.15) is 10.7 Å². The van der Waals surface area contributed by atoms with Crippen LogP contribution in [-0.2, 0) is 6.42 Å². The standard InChI is InChI=1S/C14H11BrN4S/c15-10-4-3-6-12(8-10)17-14-19-18-13(20-14)9-11-5-1-2-7-16-11/h1-8H,9H2,(H,17,19). The lowest BCUT2D eigenvalue weighted by Gasteiger charge is -2.01. The number of hydrogen-bond donors (Lipinski definition) is 1. The number of nitrogens with one attached hydrogen (secondary N) is 1. The number of nitrogens with zero attached hydrogens (tertiary/aromatic N) is 3. The molecule has 0 saturated carbocycles. The monoisotopic (exact) mass is 346 g/mol. The molecule has 1 N–H and O–H groups in total. The molecule has 2 heterocycles. The lowest BCUT2D eigenvalue weighted by Crippen LogP contribution is -1.90. The number of halogens is 1. The van der Waals surface area contributed by atoms with Crippen molar-refractivity contribution < 1.29 is 0 Å². The zero-order chi connectivity index (χ0) is 13.8. The normalized spacial score (nSPS) is 10.4. The van der Waals surface area contributed by atoms with E-state index >= 15 is 0 Å². The van der Waals surface area contributed by atoms with Crippen molar-refractivity contribution in [1.82, 2.24) is 15.2 Å². The molecule has 0 atom stereocenters. The first-order chi connectivity index (χ1) is 9.79. The fourth-order valence-corrected chi connectivity index (χ4v) is 2.90. The smallest absolute Gasteiger partial charge is 0.210 e. The average molecular weight is 347 g/mol. The van der Waals surface area contributed by atoms with Gasteiger partial charge < -0.3 is 5.32 Å². The van der Waals surface area contributed by atoms with Crippen molar-refractivity contribution in [3.05, 3.63) is 63.8 Å². The number of pyridine rings is 1. The maximum Gasteiger partial charge on any atom is 0.210 e. The van der Waals surface area contributed by atoms with Crippen molar-refractivity contribution in [1.29, 1.82) is 0 Å². The van der Waals surface area contributed by atoms with Crippen LogP contribution in [0.2, 0.25) is 0 Å². The highest BCUT2D eigenvalue weighted by Gasteiger charge is 2.06. The molecule has 0 radical (unpaired) electrons. The summed E-state index contributed by atoms with van der Waals surface area (Å²) in [6.45, 7) is 0. The molecule has 4 nitrogen and oxygen atoms in total. The summed E-state index contributed by atoms with van der Waals surface area (Å²) >= 11 is 4.98. The van der Waals surface area contributed by atoms with Crippen LogP contribution >= 0.6 is 27.3 Å². The summed E-state index contributed by atoms with van der Waals surface area (Å²) in [5.41, 5.74) is 1.98. The number of rotatable bonds is 4. The fourth-order valence-electron chi connectivity index (χ4n) is 1.72. The first-order valence-electron chi connectivity index (χ1n) is 6.04. The van der Waals surface area contributed by atoms with E-state index in [0.29, 0.717) is 6.42 Å². The Bertz CT molecular complexity index is 699. The number of aromatic nitrogens is 3. The molecular weight excluding hydrogens is 336 g/mol. The van der Waals surface area contributed by atoms with E-state index in [4.69, 9.17) is 0 Å². The third-order valence-electron chi connectivity index (χ3n) is 2.60. The summed E-state index contributed by atoms with van der Waals surface area (Å²) < 4.78 is 1.03. The highest BCUT2D eigenvalue weighted by atomic mass is 79.9. The van der Waals surface area contributed by atoms with Gasteiger partial charge in [-0.2, -0.15) is 0 Å². The van der Waals surface area contributed by atoms with Gasteiger partial charge in [-0.1, -0.05) is 39.4 Å². The summed E-state index contributed by atoms with van der Waals surface area (Å²) in [5.74, 6) is 0. The Labute approximate surface area is 129 Å². The van der Waals surface area contributed by atoms with Crippen molar-refractivity contribution in [2.75, 3.05) is 5.32 Å². The molecule has 6 heteroatoms. The molecule has 0 fully saturated rings. The Morgan fingerprint density at radius 3 is 2.85 bits per heavy atom. The molecule has 0 aliphatic rings. The van der Waals surface area contributed by atoms with E-state index in [1.807, 2.05) is 42.5 Å². The summed E-state index contributed by atoms with van der Waals surface area (Å²) in [6, 6.07) is 13.8. The van der Waals surface area contributed by atoms with Crippen molar-refractivity contribution in [3.63, 3.8) is 0 Å². The van der Waals surface area contributed by atoms with E-state index in [1.54, 1.807) is 6.20 Å². The molecule has 2 aromatic heterocycles. The largest absolute Gasteiger partial charge is 0.330 e. The molecule has 0 aliphatic carbocycles. The van der Waals surface area contributed by atoms with Gasteiger partial charge in [0, 0.05) is 28.5 Å². The molecule has 0 amide bonds. The van der Waals surface area contributed by atoms with Crippen molar-refractivity contribution >= 4 is 38.1 Å². The van der Waals surface area contributed by atoms with Crippen molar-refractivity contribution in [2.45, 2.75) is 6.42 Å². The molecule has 20 heavy (non-hydrogen) atoms. The van der Waals surface area contributed by atoms with Crippen LogP contribution in [-0.4, -0.2) is 15.2 Å². The Kier molecular flexibility index (Phi) is 4.03. The van der Waals surface area contributed by atoms with Gasteiger partial charge in [-0.3, -0.25) is 4.98 Å². The van der Waals surface area contributed by atoms with Crippen LogP contribution in [0.25, 0.3) is 0 Å². The minimum atomic E-state index is 0.707.